The molecule has 0 amide bonds. The molecule has 0 spiro atoms. The van der Waals surface area contributed by atoms with Crippen molar-refractivity contribution in [1.82, 2.24) is 4.98 Å². The Bertz CT molecular complexity index is 612. The van der Waals surface area contributed by atoms with E-state index in [-0.39, 0.29) is 6.10 Å². The number of rotatable bonds is 2. The van der Waals surface area contributed by atoms with E-state index in [0.717, 1.165) is 41.0 Å². The average molecular weight is 257 g/mol. The molecule has 0 bridgehead atoms. The highest BCUT2D eigenvalue weighted by Gasteiger charge is 2.24. The zero-order chi connectivity index (χ0) is 13.4. The van der Waals surface area contributed by atoms with E-state index in [2.05, 4.69) is 23.3 Å². The fraction of sp³-hybridized carbons (Fsp3) is 0.400. The first-order chi connectivity index (χ1) is 9.13. The van der Waals surface area contributed by atoms with Gasteiger partial charge in [0.15, 0.2) is 0 Å². The van der Waals surface area contributed by atoms with Crippen molar-refractivity contribution < 1.29 is 4.74 Å². The van der Waals surface area contributed by atoms with Crippen LogP contribution in [0.1, 0.15) is 19.0 Å². The lowest BCUT2D eigenvalue weighted by molar-refractivity contribution is 0.121. The van der Waals surface area contributed by atoms with Crippen LogP contribution >= 0.6 is 0 Å². The molecule has 0 saturated carbocycles. The van der Waals surface area contributed by atoms with Gasteiger partial charge < -0.3 is 15.8 Å². The molecule has 19 heavy (non-hydrogen) atoms. The number of nitrogens with zero attached hydrogens (tertiary/aromatic N) is 1. The van der Waals surface area contributed by atoms with Gasteiger partial charge in [-0.1, -0.05) is 0 Å². The number of nitrogen functional groups attached to an aromatic ring is 1. The number of fused-ring (bicyclic) bond motifs is 1. The molecule has 1 saturated heterocycles. The second-order valence-corrected chi connectivity index (χ2v) is 5.20. The van der Waals surface area contributed by atoms with Gasteiger partial charge in [-0.2, -0.15) is 0 Å². The first-order valence-corrected chi connectivity index (χ1v) is 6.68. The van der Waals surface area contributed by atoms with E-state index in [4.69, 9.17) is 10.5 Å². The maximum atomic E-state index is 5.89. The molecule has 3 rings (SSSR count). The van der Waals surface area contributed by atoms with Crippen molar-refractivity contribution >= 4 is 22.3 Å². The van der Waals surface area contributed by atoms with Crippen molar-refractivity contribution in [3.8, 4) is 0 Å². The number of hydrogen-bond acceptors (Lipinski definition) is 4. The van der Waals surface area contributed by atoms with E-state index in [0.29, 0.717) is 6.04 Å². The van der Waals surface area contributed by atoms with Gasteiger partial charge in [0, 0.05) is 29.1 Å². The number of anilines is 2. The molecular weight excluding hydrogens is 238 g/mol. The highest BCUT2D eigenvalue weighted by atomic mass is 16.5. The van der Waals surface area contributed by atoms with Gasteiger partial charge in [-0.25, -0.2) is 0 Å². The van der Waals surface area contributed by atoms with Crippen molar-refractivity contribution in [3.63, 3.8) is 0 Å². The fourth-order valence-electron chi connectivity index (χ4n) is 2.62. The molecule has 2 atom stereocenters. The Kier molecular flexibility index (Phi) is 3.03. The van der Waals surface area contributed by atoms with Gasteiger partial charge in [-0.3, -0.25) is 4.98 Å². The van der Waals surface area contributed by atoms with Crippen LogP contribution in [0.25, 0.3) is 10.9 Å². The highest BCUT2D eigenvalue weighted by Crippen LogP contribution is 2.28. The number of nitrogens with one attached hydrogen (secondary N) is 1. The van der Waals surface area contributed by atoms with Crippen LogP contribution in [0.2, 0.25) is 0 Å². The maximum Gasteiger partial charge on any atom is 0.0748 e. The number of benzene rings is 1. The smallest absolute Gasteiger partial charge is 0.0748 e. The average Bonchev–Trinajstić information content (AvgIpc) is 2.76. The van der Waals surface area contributed by atoms with Crippen LogP contribution in [0.5, 0.6) is 0 Å². The minimum absolute atomic E-state index is 0.240. The molecule has 1 fully saturated rings. The molecule has 1 aliphatic rings. The topological polar surface area (TPSA) is 60.2 Å². The lowest BCUT2D eigenvalue weighted by Gasteiger charge is -2.19. The van der Waals surface area contributed by atoms with Crippen LogP contribution in [-0.4, -0.2) is 23.7 Å². The van der Waals surface area contributed by atoms with Gasteiger partial charge in [0.1, 0.15) is 0 Å². The minimum Gasteiger partial charge on any atom is -0.399 e. The standard InChI is InChI=1S/C15H19N3O/c1-9-7-15(18-13-5-6-19-10(13)2)12-8-11(16)3-4-14(12)17-9/h3-4,7-8,10,13H,5-6,16H2,1-2H3,(H,17,18). The monoisotopic (exact) mass is 257 g/mol. The summed E-state index contributed by atoms with van der Waals surface area (Å²) < 4.78 is 5.60. The summed E-state index contributed by atoms with van der Waals surface area (Å²) in [6.07, 6.45) is 1.27. The van der Waals surface area contributed by atoms with Gasteiger partial charge in [0.05, 0.1) is 17.7 Å². The zero-order valence-corrected chi connectivity index (χ0v) is 11.3. The SMILES string of the molecule is Cc1cc(NC2CCOC2C)c2cc(N)ccc2n1. The Morgan fingerprint density at radius 2 is 2.21 bits per heavy atom. The molecule has 4 nitrogen and oxygen atoms in total. The van der Waals surface area contributed by atoms with Gasteiger partial charge in [0.25, 0.3) is 0 Å². The number of ether oxygens (including phenoxy) is 1. The molecule has 0 aliphatic carbocycles. The van der Waals surface area contributed by atoms with Crippen molar-refractivity contribution in [2.75, 3.05) is 17.7 Å². The summed E-state index contributed by atoms with van der Waals surface area (Å²) in [6, 6.07) is 8.26. The van der Waals surface area contributed by atoms with E-state index in [1.807, 2.05) is 25.1 Å². The predicted octanol–water partition coefficient (Wildman–Crippen LogP) is 2.71. The van der Waals surface area contributed by atoms with Crippen molar-refractivity contribution in [2.24, 2.45) is 0 Å². The summed E-state index contributed by atoms with van der Waals surface area (Å²) >= 11 is 0. The molecule has 100 valence electrons. The van der Waals surface area contributed by atoms with Gasteiger partial charge >= 0.3 is 0 Å². The van der Waals surface area contributed by atoms with Crippen molar-refractivity contribution in [2.45, 2.75) is 32.4 Å². The van der Waals surface area contributed by atoms with Crippen LogP contribution in [0, 0.1) is 6.92 Å². The van der Waals surface area contributed by atoms with Crippen LogP contribution in [0.4, 0.5) is 11.4 Å². The zero-order valence-electron chi connectivity index (χ0n) is 11.3. The molecule has 1 aromatic carbocycles. The van der Waals surface area contributed by atoms with Crippen LogP contribution in [0.3, 0.4) is 0 Å². The second-order valence-electron chi connectivity index (χ2n) is 5.20. The lowest BCUT2D eigenvalue weighted by Crippen LogP contribution is -2.26. The minimum atomic E-state index is 0.240. The molecule has 2 aromatic rings. The number of nitrogens with two attached hydrogens (primary N) is 1. The molecule has 2 heterocycles. The van der Waals surface area contributed by atoms with E-state index in [1.54, 1.807) is 0 Å². The third kappa shape index (κ3) is 2.36. The quantitative estimate of drug-likeness (QED) is 0.812. The molecule has 1 aliphatic heterocycles. The van der Waals surface area contributed by atoms with Gasteiger partial charge in [0.2, 0.25) is 0 Å². The Labute approximate surface area is 113 Å². The highest BCUT2D eigenvalue weighted by molar-refractivity contribution is 5.93. The van der Waals surface area contributed by atoms with Gasteiger partial charge in [-0.05, 0) is 44.5 Å². The number of aryl methyl sites for hydroxylation is 1. The largest absolute Gasteiger partial charge is 0.399 e. The molecule has 1 aromatic heterocycles. The summed E-state index contributed by atoms with van der Waals surface area (Å²) in [5, 5.41) is 4.65. The molecule has 0 radical (unpaired) electrons. The summed E-state index contributed by atoms with van der Waals surface area (Å²) in [4.78, 5) is 4.54. The first kappa shape index (κ1) is 12.2. The van der Waals surface area contributed by atoms with E-state index >= 15 is 0 Å². The molecular formula is C15H19N3O. The third-order valence-corrected chi connectivity index (χ3v) is 3.68. The van der Waals surface area contributed by atoms with Crippen molar-refractivity contribution in [1.29, 1.82) is 0 Å². The van der Waals surface area contributed by atoms with Crippen LogP contribution in [-0.2, 0) is 4.74 Å². The molecule has 3 N–H and O–H groups in total. The Morgan fingerprint density at radius 1 is 1.37 bits per heavy atom. The summed E-state index contributed by atoms with van der Waals surface area (Å²) in [5.74, 6) is 0. The number of aromatic nitrogens is 1. The van der Waals surface area contributed by atoms with Crippen molar-refractivity contribution in [3.05, 3.63) is 30.0 Å². The molecule has 4 heteroatoms. The summed E-state index contributed by atoms with van der Waals surface area (Å²) in [7, 11) is 0. The second kappa shape index (κ2) is 4.70. The Hall–Kier alpha value is -1.81. The van der Waals surface area contributed by atoms with E-state index in [9.17, 15) is 0 Å². The summed E-state index contributed by atoms with van der Waals surface area (Å²) in [6.45, 7) is 4.94. The first-order valence-electron chi connectivity index (χ1n) is 6.68. The van der Waals surface area contributed by atoms with Crippen LogP contribution in [0.15, 0.2) is 24.3 Å². The van der Waals surface area contributed by atoms with E-state index in [1.165, 1.54) is 0 Å². The van der Waals surface area contributed by atoms with E-state index < -0.39 is 0 Å². The van der Waals surface area contributed by atoms with Gasteiger partial charge in [-0.15, -0.1) is 0 Å². The molecule has 2 unspecified atom stereocenters. The number of hydrogen-bond donors (Lipinski definition) is 2. The predicted molar refractivity (Wildman–Crippen MR) is 78.3 cm³/mol. The third-order valence-electron chi connectivity index (χ3n) is 3.68. The normalized spacial score (nSPS) is 22.8. The van der Waals surface area contributed by atoms with Crippen LogP contribution < -0.4 is 11.1 Å². The summed E-state index contributed by atoms with van der Waals surface area (Å²) in [5.41, 5.74) is 9.72. The lowest BCUT2D eigenvalue weighted by atomic mass is 10.1. The maximum absolute atomic E-state index is 5.89. The number of pyridine rings is 1. The Morgan fingerprint density at radius 3 is 2.95 bits per heavy atom. The fourth-order valence-corrected chi connectivity index (χ4v) is 2.62. The Balaban J connectivity index is 2.03.